The van der Waals surface area contributed by atoms with Crippen molar-refractivity contribution in [1.29, 1.82) is 0 Å². The Morgan fingerprint density at radius 1 is 1.35 bits per heavy atom. The number of aliphatic hydroxyl groups is 1. The van der Waals surface area contributed by atoms with E-state index < -0.39 is 12.0 Å². The molecule has 2 rings (SSSR count). The molecule has 5 nitrogen and oxygen atoms in total. The molecule has 0 aromatic rings. The third kappa shape index (κ3) is 3.65. The van der Waals surface area contributed by atoms with E-state index in [1.165, 1.54) is 7.11 Å². The van der Waals surface area contributed by atoms with E-state index in [0.717, 1.165) is 0 Å². The van der Waals surface area contributed by atoms with Gasteiger partial charge in [0.2, 0.25) is 5.91 Å². The van der Waals surface area contributed by atoms with E-state index in [0.29, 0.717) is 13.2 Å². The molecule has 2 saturated heterocycles. The van der Waals surface area contributed by atoms with Crippen LogP contribution in [-0.2, 0) is 9.53 Å². The van der Waals surface area contributed by atoms with Gasteiger partial charge >= 0.3 is 0 Å². The quantitative estimate of drug-likeness (QED) is 0.811. The van der Waals surface area contributed by atoms with Gasteiger partial charge in [-0.05, 0) is 0 Å². The number of carbonyl (C=O) groups is 1. The number of piperidine rings is 1. The van der Waals surface area contributed by atoms with Crippen molar-refractivity contribution in [3.63, 3.8) is 0 Å². The molecule has 20 heavy (non-hydrogen) atoms. The van der Waals surface area contributed by atoms with Gasteiger partial charge in [0.05, 0.1) is 25.2 Å². The summed E-state index contributed by atoms with van der Waals surface area (Å²) >= 11 is 0. The van der Waals surface area contributed by atoms with E-state index in [4.69, 9.17) is 4.74 Å². The Kier molecular flexibility index (Phi) is 4.93. The minimum Gasteiger partial charge on any atom is -0.390 e. The summed E-state index contributed by atoms with van der Waals surface area (Å²) in [6.07, 6.45) is -0.719. The highest BCUT2D eigenvalue weighted by Gasteiger charge is 2.42. The minimum absolute atomic E-state index is 0.0595. The molecule has 0 aromatic carbocycles. The van der Waals surface area contributed by atoms with Crippen molar-refractivity contribution in [2.24, 2.45) is 0 Å². The highest BCUT2D eigenvalue weighted by atomic mass is 19.3. The molecular formula is C13H22F2N2O3. The van der Waals surface area contributed by atoms with Crippen molar-refractivity contribution in [1.82, 2.24) is 9.80 Å². The fourth-order valence-electron chi connectivity index (χ4n) is 2.86. The van der Waals surface area contributed by atoms with Crippen LogP contribution in [0.25, 0.3) is 0 Å². The Bertz CT molecular complexity index is 345. The molecule has 0 bridgehead atoms. The van der Waals surface area contributed by atoms with Crippen LogP contribution in [0.4, 0.5) is 8.78 Å². The number of nitrogens with zero attached hydrogens (tertiary/aromatic N) is 2. The molecule has 2 aliphatic rings. The molecule has 1 N–H and O–H groups in total. The highest BCUT2D eigenvalue weighted by Crippen LogP contribution is 2.30. The first-order chi connectivity index (χ1) is 9.43. The van der Waals surface area contributed by atoms with Gasteiger partial charge in [0.15, 0.2) is 0 Å². The monoisotopic (exact) mass is 292 g/mol. The number of carbonyl (C=O) groups excluding carboxylic acids is 1. The summed E-state index contributed by atoms with van der Waals surface area (Å²) in [5.41, 5.74) is 0. The van der Waals surface area contributed by atoms with Crippen LogP contribution < -0.4 is 0 Å². The van der Waals surface area contributed by atoms with E-state index in [2.05, 4.69) is 0 Å². The summed E-state index contributed by atoms with van der Waals surface area (Å²) < 4.78 is 31.1. The second-order valence-corrected chi connectivity index (χ2v) is 5.57. The van der Waals surface area contributed by atoms with E-state index in [9.17, 15) is 18.7 Å². The highest BCUT2D eigenvalue weighted by molar-refractivity contribution is 5.76. The normalized spacial score (nSPS) is 30.7. The zero-order chi connectivity index (χ0) is 14.8. The summed E-state index contributed by atoms with van der Waals surface area (Å²) in [5.74, 6) is -2.65. The van der Waals surface area contributed by atoms with Crippen LogP contribution in [0.5, 0.6) is 0 Å². The largest absolute Gasteiger partial charge is 0.390 e. The smallest absolute Gasteiger partial charge is 0.250 e. The van der Waals surface area contributed by atoms with E-state index in [1.807, 2.05) is 4.90 Å². The lowest BCUT2D eigenvalue weighted by Gasteiger charge is -2.36. The zero-order valence-corrected chi connectivity index (χ0v) is 11.7. The van der Waals surface area contributed by atoms with Crippen molar-refractivity contribution >= 4 is 5.91 Å². The fourth-order valence-corrected chi connectivity index (χ4v) is 2.86. The fraction of sp³-hybridized carbons (Fsp3) is 0.923. The number of hydrogen-bond donors (Lipinski definition) is 1. The first-order valence-corrected chi connectivity index (χ1v) is 6.99. The number of rotatable bonds is 4. The van der Waals surface area contributed by atoms with Gasteiger partial charge in [0.1, 0.15) is 0 Å². The Labute approximate surface area is 117 Å². The minimum atomic E-state index is -2.59. The van der Waals surface area contributed by atoms with Crippen LogP contribution in [0.2, 0.25) is 0 Å². The Hall–Kier alpha value is -0.790. The van der Waals surface area contributed by atoms with Crippen molar-refractivity contribution < 1.29 is 23.4 Å². The van der Waals surface area contributed by atoms with Gasteiger partial charge in [-0.3, -0.25) is 9.69 Å². The molecule has 2 fully saturated rings. The average Bonchev–Trinajstić information content (AvgIpc) is 2.78. The van der Waals surface area contributed by atoms with Crippen LogP contribution in [-0.4, -0.2) is 78.8 Å². The Balaban J connectivity index is 1.86. The van der Waals surface area contributed by atoms with Crippen molar-refractivity contribution in [3.05, 3.63) is 0 Å². The van der Waals surface area contributed by atoms with Gasteiger partial charge < -0.3 is 14.7 Å². The average molecular weight is 292 g/mol. The van der Waals surface area contributed by atoms with E-state index in [1.54, 1.807) is 4.90 Å². The second-order valence-electron chi connectivity index (χ2n) is 5.57. The lowest BCUT2D eigenvalue weighted by atomic mass is 10.0. The van der Waals surface area contributed by atoms with Gasteiger partial charge in [-0.2, -0.15) is 0 Å². The third-order valence-corrected chi connectivity index (χ3v) is 4.13. The van der Waals surface area contributed by atoms with E-state index in [-0.39, 0.29) is 50.8 Å². The molecular weight excluding hydrogens is 270 g/mol. The summed E-state index contributed by atoms with van der Waals surface area (Å²) in [4.78, 5) is 15.4. The molecule has 0 spiro atoms. The lowest BCUT2D eigenvalue weighted by molar-refractivity contribution is -0.131. The molecule has 2 atom stereocenters. The zero-order valence-electron chi connectivity index (χ0n) is 11.7. The molecule has 0 radical (unpaired) electrons. The predicted octanol–water partition coefficient (Wildman–Crippen LogP) is 0.326. The van der Waals surface area contributed by atoms with Crippen molar-refractivity contribution in [2.75, 3.05) is 39.9 Å². The van der Waals surface area contributed by atoms with Crippen LogP contribution in [0.15, 0.2) is 0 Å². The summed E-state index contributed by atoms with van der Waals surface area (Å²) in [6, 6.07) is -0.224. The molecule has 0 aromatic heterocycles. The van der Waals surface area contributed by atoms with Crippen LogP contribution >= 0.6 is 0 Å². The molecule has 2 aliphatic heterocycles. The molecule has 7 heteroatoms. The molecule has 0 aliphatic carbocycles. The number of ether oxygens (including phenoxy) is 1. The van der Waals surface area contributed by atoms with Gasteiger partial charge in [-0.15, -0.1) is 0 Å². The Morgan fingerprint density at radius 2 is 2.00 bits per heavy atom. The molecule has 0 saturated carbocycles. The summed E-state index contributed by atoms with van der Waals surface area (Å²) in [6.45, 7) is 1.59. The second kappa shape index (κ2) is 6.32. The lowest BCUT2D eigenvalue weighted by Crippen LogP contribution is -2.49. The molecule has 2 heterocycles. The van der Waals surface area contributed by atoms with E-state index >= 15 is 0 Å². The maximum atomic E-state index is 13.1. The Morgan fingerprint density at radius 3 is 2.60 bits per heavy atom. The first kappa shape index (κ1) is 15.6. The van der Waals surface area contributed by atoms with Crippen LogP contribution in [0, 0.1) is 0 Å². The number of alkyl halides is 2. The number of amides is 1. The number of β-amino-alcohol motifs (C(OH)–C–C–N with tert-alkyl or cyclic N) is 1. The molecule has 116 valence electrons. The topological polar surface area (TPSA) is 53.0 Å². The SMILES string of the molecule is COCCC(=O)N1C[C@@H](O)[C@H](N2CCC(F)(F)CC2)C1. The molecule has 1 amide bonds. The number of aliphatic hydroxyl groups excluding tert-OH is 1. The van der Waals surface area contributed by atoms with Gasteiger partial charge in [-0.1, -0.05) is 0 Å². The number of hydrogen-bond acceptors (Lipinski definition) is 4. The standard InChI is InChI=1S/C13H22F2N2O3/c1-20-7-2-12(19)17-8-10(11(18)9-17)16-5-3-13(14,15)4-6-16/h10-11,18H,2-9H2,1H3/t10-,11-/m1/s1. The van der Waals surface area contributed by atoms with Crippen molar-refractivity contribution in [2.45, 2.75) is 37.3 Å². The molecule has 0 unspecified atom stereocenters. The maximum absolute atomic E-state index is 13.1. The van der Waals surface area contributed by atoms with Crippen LogP contribution in [0.1, 0.15) is 19.3 Å². The summed E-state index contributed by atoms with van der Waals surface area (Å²) in [7, 11) is 1.53. The van der Waals surface area contributed by atoms with Crippen molar-refractivity contribution in [3.8, 4) is 0 Å². The van der Waals surface area contributed by atoms with Crippen LogP contribution in [0.3, 0.4) is 0 Å². The third-order valence-electron chi connectivity index (χ3n) is 4.13. The number of methoxy groups -OCH3 is 1. The van der Waals surface area contributed by atoms with Gasteiger partial charge in [0.25, 0.3) is 5.92 Å². The predicted molar refractivity (Wildman–Crippen MR) is 68.6 cm³/mol. The van der Waals surface area contributed by atoms with Gasteiger partial charge in [-0.25, -0.2) is 8.78 Å². The number of halogens is 2. The summed E-state index contributed by atoms with van der Waals surface area (Å²) in [5, 5.41) is 10.1. The first-order valence-electron chi connectivity index (χ1n) is 6.99. The van der Waals surface area contributed by atoms with Gasteiger partial charge in [0, 0.05) is 46.1 Å². The maximum Gasteiger partial charge on any atom is 0.250 e. The number of likely N-dealkylation sites (tertiary alicyclic amines) is 2.